The Morgan fingerprint density at radius 3 is 2.43 bits per heavy atom. The maximum absolute atomic E-state index is 3.79. The van der Waals surface area contributed by atoms with E-state index in [4.69, 9.17) is 0 Å². The molecule has 1 saturated carbocycles. The zero-order chi connectivity index (χ0) is 15.2. The highest BCUT2D eigenvalue weighted by Gasteiger charge is 2.29. The highest BCUT2D eigenvalue weighted by molar-refractivity contribution is 7.12. The second-order valence-electron chi connectivity index (χ2n) is 6.83. The fourth-order valence-electron chi connectivity index (χ4n) is 4.01. The highest BCUT2D eigenvalue weighted by atomic mass is 32.1. The topological polar surface area (TPSA) is 12.0 Å². The summed E-state index contributed by atoms with van der Waals surface area (Å²) < 4.78 is 0. The molecule has 2 rings (SSSR count). The minimum atomic E-state index is 0.590. The largest absolute Gasteiger partial charge is 0.310 e. The highest BCUT2D eigenvalue weighted by Crippen LogP contribution is 2.40. The lowest BCUT2D eigenvalue weighted by molar-refractivity contribution is 0.214. The SMILES string of the molecule is CCCCC1CCC(C(NCC)c2cc(C)sc2C)CC1. The van der Waals surface area contributed by atoms with Crippen LogP contribution in [0, 0.1) is 25.7 Å². The van der Waals surface area contributed by atoms with Gasteiger partial charge in [-0.3, -0.25) is 0 Å². The summed E-state index contributed by atoms with van der Waals surface area (Å²) in [6.07, 6.45) is 9.98. The van der Waals surface area contributed by atoms with Gasteiger partial charge >= 0.3 is 0 Å². The molecular weight excluding hydrogens is 274 g/mol. The van der Waals surface area contributed by atoms with Gasteiger partial charge in [0.15, 0.2) is 0 Å². The van der Waals surface area contributed by atoms with E-state index in [1.807, 2.05) is 11.3 Å². The van der Waals surface area contributed by atoms with Crippen LogP contribution in [-0.2, 0) is 0 Å². The summed E-state index contributed by atoms with van der Waals surface area (Å²) in [5.74, 6) is 1.85. The average Bonchev–Trinajstić information content (AvgIpc) is 2.82. The number of nitrogens with one attached hydrogen (secondary N) is 1. The molecule has 1 aromatic rings. The molecule has 1 unspecified atom stereocenters. The molecule has 0 bridgehead atoms. The van der Waals surface area contributed by atoms with Gasteiger partial charge < -0.3 is 5.32 Å². The van der Waals surface area contributed by atoms with Crippen LogP contribution in [0.2, 0.25) is 0 Å². The van der Waals surface area contributed by atoms with Crippen molar-refractivity contribution in [2.45, 2.75) is 78.7 Å². The van der Waals surface area contributed by atoms with Crippen molar-refractivity contribution in [3.05, 3.63) is 21.4 Å². The van der Waals surface area contributed by atoms with Crippen molar-refractivity contribution < 1.29 is 0 Å². The number of unbranched alkanes of at least 4 members (excludes halogenated alkanes) is 1. The van der Waals surface area contributed by atoms with Crippen molar-refractivity contribution in [1.29, 1.82) is 0 Å². The van der Waals surface area contributed by atoms with E-state index in [-0.39, 0.29) is 0 Å². The molecule has 1 nitrogen and oxygen atoms in total. The van der Waals surface area contributed by atoms with E-state index in [2.05, 4.69) is 39.1 Å². The van der Waals surface area contributed by atoms with Crippen LogP contribution in [0.1, 0.15) is 80.2 Å². The lowest BCUT2D eigenvalue weighted by atomic mass is 9.75. The number of aryl methyl sites for hydroxylation is 2. The Morgan fingerprint density at radius 1 is 1.19 bits per heavy atom. The summed E-state index contributed by atoms with van der Waals surface area (Å²) in [7, 11) is 0. The van der Waals surface area contributed by atoms with Crippen LogP contribution in [0.25, 0.3) is 0 Å². The van der Waals surface area contributed by atoms with Crippen molar-refractivity contribution in [1.82, 2.24) is 5.32 Å². The standard InChI is InChI=1S/C19H33NS/c1-5-7-8-16-9-11-17(12-10-16)19(20-6-2)18-13-14(3)21-15(18)4/h13,16-17,19-20H,5-12H2,1-4H3. The summed E-state index contributed by atoms with van der Waals surface area (Å²) in [5, 5.41) is 3.79. The van der Waals surface area contributed by atoms with E-state index in [0.29, 0.717) is 6.04 Å². The molecule has 1 aliphatic rings. The molecule has 0 amide bonds. The molecule has 1 aliphatic carbocycles. The van der Waals surface area contributed by atoms with Crippen LogP contribution >= 0.6 is 11.3 Å². The first-order valence-corrected chi connectivity index (χ1v) is 9.77. The van der Waals surface area contributed by atoms with Gasteiger partial charge in [-0.2, -0.15) is 0 Å². The van der Waals surface area contributed by atoms with E-state index in [0.717, 1.165) is 18.4 Å². The van der Waals surface area contributed by atoms with Crippen LogP contribution in [0.4, 0.5) is 0 Å². The number of hydrogen-bond acceptors (Lipinski definition) is 2. The van der Waals surface area contributed by atoms with E-state index >= 15 is 0 Å². The van der Waals surface area contributed by atoms with Gasteiger partial charge in [0.1, 0.15) is 0 Å². The molecule has 0 aliphatic heterocycles. The third-order valence-corrected chi connectivity index (χ3v) is 6.15. The lowest BCUT2D eigenvalue weighted by Gasteiger charge is -2.34. The lowest BCUT2D eigenvalue weighted by Crippen LogP contribution is -2.31. The van der Waals surface area contributed by atoms with Gasteiger partial charge in [-0.05, 0) is 56.7 Å². The smallest absolute Gasteiger partial charge is 0.0359 e. The normalized spacial score (nSPS) is 24.2. The van der Waals surface area contributed by atoms with E-state index in [9.17, 15) is 0 Å². The third-order valence-electron chi connectivity index (χ3n) is 5.17. The Bertz CT molecular complexity index is 415. The Balaban J connectivity index is 1.98. The number of rotatable bonds is 7. The molecule has 120 valence electrons. The molecule has 1 fully saturated rings. The Kier molecular flexibility index (Phi) is 6.75. The first kappa shape index (κ1) is 17.0. The molecule has 0 aromatic carbocycles. The van der Waals surface area contributed by atoms with Gasteiger partial charge in [0.25, 0.3) is 0 Å². The zero-order valence-electron chi connectivity index (χ0n) is 14.4. The molecule has 1 aromatic heterocycles. The fourth-order valence-corrected chi connectivity index (χ4v) is 4.99. The molecule has 0 spiro atoms. The summed E-state index contributed by atoms with van der Waals surface area (Å²) in [6, 6.07) is 3.02. The van der Waals surface area contributed by atoms with Gasteiger partial charge in [0, 0.05) is 15.8 Å². The van der Waals surface area contributed by atoms with Crippen molar-refractivity contribution in [3.8, 4) is 0 Å². The fraction of sp³-hybridized carbons (Fsp3) is 0.789. The predicted molar refractivity (Wildman–Crippen MR) is 95.2 cm³/mol. The Hall–Kier alpha value is -0.340. The van der Waals surface area contributed by atoms with Crippen LogP contribution in [-0.4, -0.2) is 6.54 Å². The van der Waals surface area contributed by atoms with Gasteiger partial charge in [0.2, 0.25) is 0 Å². The second-order valence-corrected chi connectivity index (χ2v) is 8.29. The monoisotopic (exact) mass is 307 g/mol. The van der Waals surface area contributed by atoms with Crippen LogP contribution in [0.3, 0.4) is 0 Å². The molecular formula is C19H33NS. The molecule has 2 heteroatoms. The molecule has 1 heterocycles. The van der Waals surface area contributed by atoms with Crippen molar-refractivity contribution in [3.63, 3.8) is 0 Å². The zero-order valence-corrected chi connectivity index (χ0v) is 15.2. The summed E-state index contributed by atoms with van der Waals surface area (Å²) in [5.41, 5.74) is 1.58. The summed E-state index contributed by atoms with van der Waals surface area (Å²) >= 11 is 1.96. The average molecular weight is 308 g/mol. The van der Waals surface area contributed by atoms with Crippen molar-refractivity contribution in [2.24, 2.45) is 11.8 Å². The second kappa shape index (κ2) is 8.33. The molecule has 21 heavy (non-hydrogen) atoms. The van der Waals surface area contributed by atoms with Crippen LogP contribution < -0.4 is 5.32 Å². The third kappa shape index (κ3) is 4.56. The molecule has 0 radical (unpaired) electrons. The Morgan fingerprint density at radius 2 is 1.90 bits per heavy atom. The Labute approximate surface area is 135 Å². The first-order valence-electron chi connectivity index (χ1n) is 8.96. The minimum Gasteiger partial charge on any atom is -0.310 e. The van der Waals surface area contributed by atoms with Crippen LogP contribution in [0.5, 0.6) is 0 Å². The van der Waals surface area contributed by atoms with Crippen LogP contribution in [0.15, 0.2) is 6.07 Å². The number of hydrogen-bond donors (Lipinski definition) is 1. The van der Waals surface area contributed by atoms with Gasteiger partial charge in [-0.15, -0.1) is 11.3 Å². The predicted octanol–water partition coefficient (Wildman–Crippen LogP) is 6.01. The molecule has 1 N–H and O–H groups in total. The quantitative estimate of drug-likeness (QED) is 0.650. The first-order chi connectivity index (χ1) is 10.2. The van der Waals surface area contributed by atoms with E-state index in [1.165, 1.54) is 54.7 Å². The van der Waals surface area contributed by atoms with Crippen molar-refractivity contribution >= 4 is 11.3 Å². The van der Waals surface area contributed by atoms with Gasteiger partial charge in [0.05, 0.1) is 0 Å². The minimum absolute atomic E-state index is 0.590. The summed E-state index contributed by atoms with van der Waals surface area (Å²) in [6.45, 7) is 10.2. The van der Waals surface area contributed by atoms with E-state index < -0.39 is 0 Å². The molecule has 1 atom stereocenters. The van der Waals surface area contributed by atoms with Gasteiger partial charge in [-0.1, -0.05) is 46.0 Å². The summed E-state index contributed by atoms with van der Waals surface area (Å²) in [4.78, 5) is 2.98. The molecule has 0 saturated heterocycles. The maximum atomic E-state index is 3.79. The maximum Gasteiger partial charge on any atom is 0.0359 e. The van der Waals surface area contributed by atoms with Crippen molar-refractivity contribution in [2.75, 3.05) is 6.54 Å². The number of thiophene rings is 1. The van der Waals surface area contributed by atoms with E-state index in [1.54, 1.807) is 5.56 Å². The van der Waals surface area contributed by atoms with Gasteiger partial charge in [-0.25, -0.2) is 0 Å².